The number of aromatic nitrogens is 2. The average Bonchev–Trinajstić information content (AvgIpc) is 3.66. The minimum atomic E-state index is -0.160. The smallest absolute Gasteiger partial charge is 0.217 e. The first-order valence-corrected chi connectivity index (χ1v) is 14.2. The molecular weight excluding hydrogens is 506 g/mol. The Kier molecular flexibility index (Phi) is 4.50. The molecule has 198 valence electrons. The summed E-state index contributed by atoms with van der Waals surface area (Å²) in [5, 5.41) is 2.39. The van der Waals surface area contributed by atoms with Crippen LogP contribution in [0.25, 0.3) is 27.6 Å². The van der Waals surface area contributed by atoms with Crippen LogP contribution in [0.1, 0.15) is 47.7 Å². The van der Waals surface area contributed by atoms with Gasteiger partial charge in [0.1, 0.15) is 29.3 Å². The van der Waals surface area contributed by atoms with Crippen LogP contribution in [0.5, 0.6) is 11.5 Å². The average molecular weight is 534 g/mol. The van der Waals surface area contributed by atoms with Crippen molar-refractivity contribution < 1.29 is 9.47 Å². The zero-order valence-electron chi connectivity index (χ0n) is 22.8. The highest BCUT2D eigenvalue weighted by atomic mass is 16.5. The second-order valence-electron chi connectivity index (χ2n) is 11.8. The van der Waals surface area contributed by atoms with Crippen molar-refractivity contribution in [2.75, 3.05) is 0 Å². The highest BCUT2D eigenvalue weighted by Gasteiger charge is 2.39. The third kappa shape index (κ3) is 3.17. The molecule has 0 radical (unpaired) electrons. The Morgan fingerprint density at radius 1 is 0.829 bits per heavy atom. The van der Waals surface area contributed by atoms with Crippen LogP contribution in [0, 0.1) is 0 Å². The number of benzene rings is 4. The summed E-state index contributed by atoms with van der Waals surface area (Å²) in [6.07, 6.45) is 2.84. The number of para-hydroxylation sites is 1. The van der Waals surface area contributed by atoms with Crippen LogP contribution in [0.4, 0.5) is 0 Å². The van der Waals surface area contributed by atoms with Crippen LogP contribution in [0.2, 0.25) is 0 Å². The number of hydrogen-bond acceptors (Lipinski definition) is 4. The van der Waals surface area contributed by atoms with Crippen LogP contribution in [-0.2, 0) is 16.6 Å². The van der Waals surface area contributed by atoms with Gasteiger partial charge in [0, 0.05) is 40.4 Å². The topological polar surface area (TPSA) is 48.6 Å². The lowest BCUT2D eigenvalue weighted by Gasteiger charge is -2.34. The summed E-state index contributed by atoms with van der Waals surface area (Å²) in [7, 11) is 0. The predicted molar refractivity (Wildman–Crippen MR) is 162 cm³/mol. The van der Waals surface area contributed by atoms with Crippen molar-refractivity contribution in [2.45, 2.75) is 37.8 Å². The van der Waals surface area contributed by atoms with Gasteiger partial charge in [-0.25, -0.2) is 9.98 Å². The van der Waals surface area contributed by atoms with Crippen LogP contribution < -0.4 is 4.74 Å². The van der Waals surface area contributed by atoms with E-state index in [9.17, 15) is 0 Å². The van der Waals surface area contributed by atoms with Gasteiger partial charge in [-0.15, -0.1) is 0 Å². The van der Waals surface area contributed by atoms with Crippen LogP contribution in [-0.4, -0.2) is 21.6 Å². The molecule has 0 bridgehead atoms. The molecular formula is C36H27N3O2. The van der Waals surface area contributed by atoms with E-state index in [1.807, 2.05) is 36.5 Å². The largest absolute Gasteiger partial charge is 0.471 e. The van der Waals surface area contributed by atoms with E-state index in [0.29, 0.717) is 5.90 Å². The molecule has 0 N–H and O–H groups in total. The first-order valence-electron chi connectivity index (χ1n) is 14.2. The van der Waals surface area contributed by atoms with Gasteiger partial charge in [-0.3, -0.25) is 4.57 Å². The molecule has 5 heteroatoms. The van der Waals surface area contributed by atoms with Crippen molar-refractivity contribution in [3.05, 3.63) is 131 Å². The quantitative estimate of drug-likeness (QED) is 0.231. The SMILES string of the molecule is CC1(C)c2ccc(Oc3cccc(C4=N[C@H]5c6ccccc6C[C@H]5O4)c3)cc2-n2c3ncccc3c3cccc1c32. The number of fused-ring (bicyclic) bond motifs is 8. The lowest BCUT2D eigenvalue weighted by atomic mass is 9.74. The maximum absolute atomic E-state index is 6.49. The van der Waals surface area contributed by atoms with E-state index in [0.717, 1.165) is 40.2 Å². The van der Waals surface area contributed by atoms with E-state index in [2.05, 4.69) is 85.1 Å². The van der Waals surface area contributed by atoms with Gasteiger partial charge in [0.05, 0.1) is 11.2 Å². The van der Waals surface area contributed by atoms with Gasteiger partial charge >= 0.3 is 0 Å². The first-order chi connectivity index (χ1) is 20.1. The van der Waals surface area contributed by atoms with Crippen molar-refractivity contribution in [2.24, 2.45) is 4.99 Å². The normalized spacial score (nSPS) is 19.4. The number of pyridine rings is 1. The van der Waals surface area contributed by atoms with Crippen molar-refractivity contribution in [1.82, 2.24) is 9.55 Å². The fraction of sp³-hybridized carbons (Fsp3) is 0.167. The summed E-state index contributed by atoms with van der Waals surface area (Å²) < 4.78 is 15.1. The molecule has 0 saturated carbocycles. The summed E-state index contributed by atoms with van der Waals surface area (Å²) in [5.74, 6) is 2.22. The summed E-state index contributed by atoms with van der Waals surface area (Å²) in [5.41, 5.74) is 9.25. The first kappa shape index (κ1) is 22.9. The number of aliphatic imine (C=N–C) groups is 1. The summed E-state index contributed by atoms with van der Waals surface area (Å²) >= 11 is 0. The lowest BCUT2D eigenvalue weighted by molar-refractivity contribution is 0.206. The fourth-order valence-corrected chi connectivity index (χ4v) is 7.13. The van der Waals surface area contributed by atoms with E-state index in [-0.39, 0.29) is 17.6 Å². The Bertz CT molecular complexity index is 2090. The van der Waals surface area contributed by atoms with E-state index < -0.39 is 0 Å². The molecule has 4 aromatic carbocycles. The molecule has 6 aromatic rings. The Labute approximate surface area is 237 Å². The molecule has 41 heavy (non-hydrogen) atoms. The molecule has 5 nitrogen and oxygen atoms in total. The van der Waals surface area contributed by atoms with E-state index in [1.54, 1.807) is 0 Å². The molecule has 2 aromatic heterocycles. The van der Waals surface area contributed by atoms with E-state index in [1.165, 1.54) is 33.2 Å². The molecule has 2 aliphatic heterocycles. The molecule has 4 heterocycles. The second-order valence-corrected chi connectivity index (χ2v) is 11.8. The molecule has 0 spiro atoms. The number of nitrogens with zero attached hydrogens (tertiary/aromatic N) is 3. The summed E-state index contributed by atoms with van der Waals surface area (Å²) in [6.45, 7) is 4.60. The minimum Gasteiger partial charge on any atom is -0.471 e. The predicted octanol–water partition coefficient (Wildman–Crippen LogP) is 8.05. The van der Waals surface area contributed by atoms with Gasteiger partial charge in [-0.1, -0.05) is 68.4 Å². The van der Waals surface area contributed by atoms with Gasteiger partial charge in [-0.05, 0) is 58.7 Å². The third-order valence-corrected chi connectivity index (χ3v) is 9.09. The number of hydrogen-bond donors (Lipinski definition) is 0. The zero-order chi connectivity index (χ0) is 27.3. The van der Waals surface area contributed by atoms with Gasteiger partial charge < -0.3 is 9.47 Å². The molecule has 0 saturated heterocycles. The van der Waals surface area contributed by atoms with Crippen LogP contribution in [0.15, 0.2) is 108 Å². The van der Waals surface area contributed by atoms with Gasteiger partial charge in [-0.2, -0.15) is 0 Å². The molecule has 0 unspecified atom stereocenters. The summed E-state index contributed by atoms with van der Waals surface area (Å²) in [4.78, 5) is 9.79. The molecule has 0 amide bonds. The maximum atomic E-state index is 6.49. The van der Waals surface area contributed by atoms with Crippen molar-refractivity contribution in [1.29, 1.82) is 0 Å². The van der Waals surface area contributed by atoms with Crippen molar-refractivity contribution in [3.8, 4) is 17.2 Å². The highest BCUT2D eigenvalue weighted by Crippen LogP contribution is 2.48. The van der Waals surface area contributed by atoms with Crippen molar-refractivity contribution in [3.63, 3.8) is 0 Å². The molecule has 1 aliphatic carbocycles. The van der Waals surface area contributed by atoms with Gasteiger partial charge in [0.2, 0.25) is 5.90 Å². The van der Waals surface area contributed by atoms with Crippen LogP contribution in [0.3, 0.4) is 0 Å². The van der Waals surface area contributed by atoms with Crippen LogP contribution >= 0.6 is 0 Å². The second kappa shape index (κ2) is 8.07. The standard InChI is InChI=1S/C36H27N3O2/c1-36(2)28-16-15-24(20-30(28)39-33-26(12-6-14-29(33)36)27-13-7-17-37-34(27)39)40-23-10-5-9-22(18-23)35-38-32-25-11-4-3-8-21(25)19-31(32)41-35/h3-18,20,31-32H,19H2,1-2H3/t31-,32+/m1/s1. The number of ether oxygens (including phenoxy) is 2. The number of rotatable bonds is 3. The van der Waals surface area contributed by atoms with Gasteiger partial charge in [0.25, 0.3) is 0 Å². The van der Waals surface area contributed by atoms with E-state index in [4.69, 9.17) is 19.5 Å². The molecule has 0 fully saturated rings. The Hall–Kier alpha value is -4.90. The summed E-state index contributed by atoms with van der Waals surface area (Å²) in [6, 6.07) is 33.8. The monoisotopic (exact) mass is 533 g/mol. The Morgan fingerprint density at radius 3 is 2.63 bits per heavy atom. The minimum absolute atomic E-state index is 0.0690. The third-order valence-electron chi connectivity index (χ3n) is 9.09. The fourth-order valence-electron chi connectivity index (χ4n) is 7.13. The Morgan fingerprint density at radius 2 is 1.68 bits per heavy atom. The zero-order valence-corrected chi connectivity index (χ0v) is 22.8. The van der Waals surface area contributed by atoms with E-state index >= 15 is 0 Å². The molecule has 9 rings (SSSR count). The highest BCUT2D eigenvalue weighted by molar-refractivity contribution is 6.10. The Balaban J connectivity index is 1.11. The maximum Gasteiger partial charge on any atom is 0.217 e. The van der Waals surface area contributed by atoms with Crippen molar-refractivity contribution >= 4 is 27.8 Å². The lowest BCUT2D eigenvalue weighted by Crippen LogP contribution is -2.26. The molecule has 3 aliphatic rings. The van der Waals surface area contributed by atoms with Gasteiger partial charge in [0.15, 0.2) is 0 Å². The molecule has 2 atom stereocenters.